The van der Waals surface area contributed by atoms with Gasteiger partial charge in [0, 0.05) is 0 Å². The van der Waals surface area contributed by atoms with Gasteiger partial charge in [0.2, 0.25) is 0 Å². The van der Waals surface area contributed by atoms with Crippen molar-refractivity contribution in [2.75, 3.05) is 14.2 Å². The monoisotopic (exact) mass is 264 g/mol. The fraction of sp³-hybridized carbons (Fsp3) is 0.647. The Hall–Kier alpha value is -1.18. The van der Waals surface area contributed by atoms with E-state index in [1.807, 2.05) is 12.1 Å². The van der Waals surface area contributed by atoms with Crippen LogP contribution in [0.3, 0.4) is 0 Å². The summed E-state index contributed by atoms with van der Waals surface area (Å²) in [7, 11) is 3.44. The molecule has 0 fully saturated rings. The number of methoxy groups -OCH3 is 2. The minimum absolute atomic E-state index is 0.916. The second kappa shape index (κ2) is 9.71. The summed E-state index contributed by atoms with van der Waals surface area (Å²) in [5.74, 6) is 1.89. The Kier molecular flexibility index (Phi) is 8.11. The van der Waals surface area contributed by atoms with Crippen molar-refractivity contribution in [3.05, 3.63) is 23.8 Å². The first-order valence-corrected chi connectivity index (χ1v) is 7.52. The number of rotatable bonds is 10. The number of benzene rings is 1. The first kappa shape index (κ1) is 15.9. The van der Waals surface area contributed by atoms with Gasteiger partial charge in [-0.05, 0) is 36.6 Å². The van der Waals surface area contributed by atoms with Crippen LogP contribution >= 0.6 is 0 Å². The van der Waals surface area contributed by atoms with Gasteiger partial charge in [-0.25, -0.2) is 0 Å². The normalized spacial score (nSPS) is 10.5. The van der Waals surface area contributed by atoms with Crippen molar-refractivity contribution in [2.24, 2.45) is 0 Å². The second-order valence-corrected chi connectivity index (χ2v) is 5.05. The van der Waals surface area contributed by atoms with Gasteiger partial charge in [-0.3, -0.25) is 0 Å². The van der Waals surface area contributed by atoms with Gasteiger partial charge in [-0.15, -0.1) is 0 Å². The van der Waals surface area contributed by atoms with Gasteiger partial charge < -0.3 is 9.47 Å². The molecular formula is C17H28O2. The van der Waals surface area contributed by atoms with Gasteiger partial charge in [0.15, 0.2) is 0 Å². The Morgan fingerprint density at radius 1 is 0.842 bits per heavy atom. The average molecular weight is 264 g/mol. The topological polar surface area (TPSA) is 18.5 Å². The summed E-state index contributed by atoms with van der Waals surface area (Å²) in [6, 6.07) is 6.04. The van der Waals surface area contributed by atoms with Crippen LogP contribution < -0.4 is 9.47 Å². The van der Waals surface area contributed by atoms with E-state index in [1.54, 1.807) is 14.2 Å². The maximum Gasteiger partial charge on any atom is 0.122 e. The molecule has 0 amide bonds. The Morgan fingerprint density at radius 3 is 2.16 bits per heavy atom. The molecule has 0 saturated heterocycles. The molecule has 2 nitrogen and oxygen atoms in total. The highest BCUT2D eigenvalue weighted by Gasteiger charge is 2.04. The molecule has 1 aromatic carbocycles. The lowest BCUT2D eigenvalue weighted by molar-refractivity contribution is 0.398. The first-order chi connectivity index (χ1) is 9.31. The lowest BCUT2D eigenvalue weighted by atomic mass is 10.0. The van der Waals surface area contributed by atoms with E-state index in [2.05, 4.69) is 13.0 Å². The molecule has 0 unspecified atom stereocenters. The zero-order valence-corrected chi connectivity index (χ0v) is 12.7. The molecule has 2 heteroatoms. The molecule has 1 aromatic rings. The maximum atomic E-state index is 5.40. The third kappa shape index (κ3) is 6.00. The van der Waals surface area contributed by atoms with E-state index in [0.717, 1.165) is 17.9 Å². The molecule has 0 N–H and O–H groups in total. The number of ether oxygens (including phenoxy) is 2. The molecule has 0 aliphatic carbocycles. The number of hydrogen-bond donors (Lipinski definition) is 0. The summed E-state index contributed by atoms with van der Waals surface area (Å²) >= 11 is 0. The molecule has 0 aliphatic rings. The van der Waals surface area contributed by atoms with Crippen molar-refractivity contribution >= 4 is 0 Å². The Morgan fingerprint density at radius 2 is 1.53 bits per heavy atom. The lowest BCUT2D eigenvalue weighted by Gasteiger charge is -2.10. The van der Waals surface area contributed by atoms with Gasteiger partial charge in [0.1, 0.15) is 11.5 Å². The minimum atomic E-state index is 0.916. The summed E-state index contributed by atoms with van der Waals surface area (Å²) in [5.41, 5.74) is 1.26. The highest BCUT2D eigenvalue weighted by Crippen LogP contribution is 2.25. The largest absolute Gasteiger partial charge is 0.497 e. The van der Waals surface area contributed by atoms with Crippen LogP contribution in [0, 0.1) is 0 Å². The SMILES string of the molecule is CCCCCCCCCc1cc(OC)ccc1OC. The van der Waals surface area contributed by atoms with Gasteiger partial charge >= 0.3 is 0 Å². The van der Waals surface area contributed by atoms with E-state index in [1.165, 1.54) is 50.5 Å². The molecule has 0 radical (unpaired) electrons. The van der Waals surface area contributed by atoms with Gasteiger partial charge in [0.25, 0.3) is 0 Å². The number of aryl methyl sites for hydroxylation is 1. The van der Waals surface area contributed by atoms with Gasteiger partial charge in [0.05, 0.1) is 14.2 Å². The highest BCUT2D eigenvalue weighted by atomic mass is 16.5. The maximum absolute atomic E-state index is 5.40. The van der Waals surface area contributed by atoms with Crippen molar-refractivity contribution in [1.82, 2.24) is 0 Å². The summed E-state index contributed by atoms with van der Waals surface area (Å²) in [4.78, 5) is 0. The van der Waals surface area contributed by atoms with E-state index in [9.17, 15) is 0 Å². The zero-order valence-electron chi connectivity index (χ0n) is 12.7. The zero-order chi connectivity index (χ0) is 13.9. The Bertz CT molecular complexity index is 347. The third-order valence-electron chi connectivity index (χ3n) is 3.54. The van der Waals surface area contributed by atoms with E-state index >= 15 is 0 Å². The van der Waals surface area contributed by atoms with E-state index < -0.39 is 0 Å². The summed E-state index contributed by atoms with van der Waals surface area (Å²) in [6.07, 6.45) is 10.4. The molecule has 0 aliphatic heterocycles. The molecule has 0 aromatic heterocycles. The Labute approximate surface area is 118 Å². The van der Waals surface area contributed by atoms with Crippen LogP contribution in [0.2, 0.25) is 0 Å². The van der Waals surface area contributed by atoms with Crippen molar-refractivity contribution in [1.29, 1.82) is 0 Å². The molecule has 0 atom stereocenters. The van der Waals surface area contributed by atoms with Crippen LogP contribution in [0.25, 0.3) is 0 Å². The number of unbranched alkanes of at least 4 members (excludes halogenated alkanes) is 6. The average Bonchev–Trinajstić information content (AvgIpc) is 2.46. The van der Waals surface area contributed by atoms with Crippen molar-refractivity contribution in [3.63, 3.8) is 0 Å². The fourth-order valence-corrected chi connectivity index (χ4v) is 2.35. The molecular weight excluding hydrogens is 236 g/mol. The molecule has 19 heavy (non-hydrogen) atoms. The molecule has 108 valence electrons. The molecule has 0 spiro atoms. The Balaban J connectivity index is 2.31. The summed E-state index contributed by atoms with van der Waals surface area (Å²) in [5, 5.41) is 0. The van der Waals surface area contributed by atoms with Crippen molar-refractivity contribution < 1.29 is 9.47 Å². The summed E-state index contributed by atoms with van der Waals surface area (Å²) < 4.78 is 10.7. The highest BCUT2D eigenvalue weighted by molar-refractivity contribution is 5.40. The number of hydrogen-bond acceptors (Lipinski definition) is 2. The van der Waals surface area contributed by atoms with E-state index in [0.29, 0.717) is 0 Å². The van der Waals surface area contributed by atoms with E-state index in [4.69, 9.17) is 9.47 Å². The van der Waals surface area contributed by atoms with E-state index in [-0.39, 0.29) is 0 Å². The molecule has 1 rings (SSSR count). The minimum Gasteiger partial charge on any atom is -0.497 e. The predicted octanol–water partition coefficient (Wildman–Crippen LogP) is 5.00. The third-order valence-corrected chi connectivity index (χ3v) is 3.54. The van der Waals surface area contributed by atoms with Crippen molar-refractivity contribution in [2.45, 2.75) is 58.3 Å². The molecule has 0 bridgehead atoms. The van der Waals surface area contributed by atoms with Crippen LogP contribution in [-0.2, 0) is 6.42 Å². The van der Waals surface area contributed by atoms with Crippen molar-refractivity contribution in [3.8, 4) is 11.5 Å². The van der Waals surface area contributed by atoms with Crippen LogP contribution in [0.15, 0.2) is 18.2 Å². The van der Waals surface area contributed by atoms with Gasteiger partial charge in [-0.2, -0.15) is 0 Å². The van der Waals surface area contributed by atoms with Crippen LogP contribution in [-0.4, -0.2) is 14.2 Å². The smallest absolute Gasteiger partial charge is 0.122 e. The quantitative estimate of drug-likeness (QED) is 0.554. The second-order valence-electron chi connectivity index (χ2n) is 5.05. The predicted molar refractivity (Wildman–Crippen MR) is 81.2 cm³/mol. The van der Waals surface area contributed by atoms with Crippen LogP contribution in [0.5, 0.6) is 11.5 Å². The molecule has 0 heterocycles. The summed E-state index contributed by atoms with van der Waals surface area (Å²) in [6.45, 7) is 2.26. The van der Waals surface area contributed by atoms with Crippen LogP contribution in [0.1, 0.15) is 57.4 Å². The van der Waals surface area contributed by atoms with Gasteiger partial charge in [-0.1, -0.05) is 45.4 Å². The fourth-order valence-electron chi connectivity index (χ4n) is 2.35. The van der Waals surface area contributed by atoms with Crippen LogP contribution in [0.4, 0.5) is 0 Å². The first-order valence-electron chi connectivity index (χ1n) is 7.52. The lowest BCUT2D eigenvalue weighted by Crippen LogP contribution is -1.94. The standard InChI is InChI=1S/C17H28O2/c1-4-5-6-7-8-9-10-11-15-14-16(18-2)12-13-17(15)19-3/h12-14H,4-11H2,1-3H3. The molecule has 0 saturated carbocycles.